The smallest absolute Gasteiger partial charge is 0.223 e. The van der Waals surface area contributed by atoms with E-state index in [0.29, 0.717) is 18.4 Å². The molecule has 1 heterocycles. The fourth-order valence-electron chi connectivity index (χ4n) is 3.40. The van der Waals surface area contributed by atoms with Gasteiger partial charge >= 0.3 is 0 Å². The van der Waals surface area contributed by atoms with Crippen LogP contribution in [0.25, 0.3) is 0 Å². The summed E-state index contributed by atoms with van der Waals surface area (Å²) in [6, 6.07) is 11.1. The zero-order chi connectivity index (χ0) is 16.5. The van der Waals surface area contributed by atoms with Crippen LogP contribution in [0.5, 0.6) is 0 Å². The third kappa shape index (κ3) is 6.08. The molecule has 2 rings (SSSR count). The Morgan fingerprint density at radius 2 is 1.83 bits per heavy atom. The summed E-state index contributed by atoms with van der Waals surface area (Å²) in [6.07, 6.45) is 2.82. The Bertz CT molecular complexity index is 463. The van der Waals surface area contributed by atoms with Gasteiger partial charge in [-0.1, -0.05) is 44.2 Å². The van der Waals surface area contributed by atoms with E-state index < -0.39 is 0 Å². The van der Waals surface area contributed by atoms with Crippen molar-refractivity contribution >= 4 is 18.3 Å². The molecule has 1 aromatic rings. The number of nitrogens with one attached hydrogen (secondary N) is 1. The molecule has 0 saturated carbocycles. The zero-order valence-corrected chi connectivity index (χ0v) is 15.9. The van der Waals surface area contributed by atoms with E-state index in [-0.39, 0.29) is 12.4 Å². The molecule has 1 aromatic carbocycles. The van der Waals surface area contributed by atoms with Crippen molar-refractivity contribution in [2.75, 3.05) is 39.3 Å². The van der Waals surface area contributed by atoms with Crippen LogP contribution in [0, 0.1) is 0 Å². The Hall–Kier alpha value is -1.10. The highest BCUT2D eigenvalue weighted by molar-refractivity contribution is 5.85. The number of carbonyl (C=O) groups is 1. The molecule has 0 aromatic heterocycles. The van der Waals surface area contributed by atoms with Gasteiger partial charge in [-0.25, -0.2) is 0 Å². The van der Waals surface area contributed by atoms with Crippen molar-refractivity contribution in [1.29, 1.82) is 0 Å². The molecule has 1 aliphatic heterocycles. The van der Waals surface area contributed by atoms with Gasteiger partial charge < -0.3 is 10.2 Å². The molecular formula is C19H32ClN3O. The molecule has 1 saturated heterocycles. The van der Waals surface area contributed by atoms with Gasteiger partial charge in [-0.05, 0) is 24.9 Å². The van der Waals surface area contributed by atoms with Crippen LogP contribution in [0.4, 0.5) is 0 Å². The molecule has 1 unspecified atom stereocenters. The highest BCUT2D eigenvalue weighted by Gasteiger charge is 2.21. The summed E-state index contributed by atoms with van der Waals surface area (Å²) in [7, 11) is 0. The number of hydrogen-bond donors (Lipinski definition) is 1. The summed E-state index contributed by atoms with van der Waals surface area (Å²) in [4.78, 5) is 16.9. The van der Waals surface area contributed by atoms with Crippen molar-refractivity contribution in [3.63, 3.8) is 0 Å². The van der Waals surface area contributed by atoms with E-state index in [1.807, 2.05) is 4.90 Å². The third-order valence-electron chi connectivity index (χ3n) is 4.61. The Morgan fingerprint density at radius 3 is 2.42 bits per heavy atom. The number of carbonyl (C=O) groups excluding carboxylic acids is 1. The van der Waals surface area contributed by atoms with Gasteiger partial charge in [-0.3, -0.25) is 9.69 Å². The number of piperazine rings is 1. The minimum Gasteiger partial charge on any atom is -0.340 e. The topological polar surface area (TPSA) is 35.6 Å². The molecule has 0 bridgehead atoms. The summed E-state index contributed by atoms with van der Waals surface area (Å²) in [5.41, 5.74) is 1.36. The van der Waals surface area contributed by atoms with E-state index in [9.17, 15) is 4.79 Å². The van der Waals surface area contributed by atoms with Gasteiger partial charge in [0, 0.05) is 45.2 Å². The van der Waals surface area contributed by atoms with Crippen LogP contribution >= 0.6 is 12.4 Å². The lowest BCUT2D eigenvalue weighted by molar-refractivity contribution is -0.132. The highest BCUT2D eigenvalue weighted by Crippen LogP contribution is 2.24. The van der Waals surface area contributed by atoms with E-state index in [2.05, 4.69) is 54.4 Å². The molecule has 1 aliphatic rings. The summed E-state index contributed by atoms with van der Waals surface area (Å²) in [5.74, 6) is 0.301. The SMILES string of the molecule is CCCN(CCC(=O)N1CCNCC1)C(CC)c1ccccc1.Cl. The average Bonchev–Trinajstić information content (AvgIpc) is 2.61. The van der Waals surface area contributed by atoms with Gasteiger partial charge in [-0.15, -0.1) is 12.4 Å². The van der Waals surface area contributed by atoms with E-state index in [1.165, 1.54) is 5.56 Å². The fraction of sp³-hybridized carbons (Fsp3) is 0.632. The first-order valence-electron chi connectivity index (χ1n) is 9.03. The molecule has 1 N–H and O–H groups in total. The van der Waals surface area contributed by atoms with E-state index in [0.717, 1.165) is 52.1 Å². The van der Waals surface area contributed by atoms with Crippen LogP contribution in [0.15, 0.2) is 30.3 Å². The van der Waals surface area contributed by atoms with Crippen molar-refractivity contribution in [2.24, 2.45) is 0 Å². The molecule has 0 aliphatic carbocycles. The first-order chi connectivity index (χ1) is 11.3. The number of amides is 1. The molecular weight excluding hydrogens is 322 g/mol. The van der Waals surface area contributed by atoms with Crippen molar-refractivity contribution in [3.8, 4) is 0 Å². The molecule has 24 heavy (non-hydrogen) atoms. The van der Waals surface area contributed by atoms with E-state index >= 15 is 0 Å². The molecule has 5 heteroatoms. The van der Waals surface area contributed by atoms with Gasteiger partial charge in [0.25, 0.3) is 0 Å². The normalized spacial score (nSPS) is 15.9. The van der Waals surface area contributed by atoms with Crippen LogP contribution in [0.1, 0.15) is 44.7 Å². The third-order valence-corrected chi connectivity index (χ3v) is 4.61. The van der Waals surface area contributed by atoms with Crippen molar-refractivity contribution in [3.05, 3.63) is 35.9 Å². The van der Waals surface area contributed by atoms with Gasteiger partial charge in [-0.2, -0.15) is 0 Å². The van der Waals surface area contributed by atoms with E-state index in [4.69, 9.17) is 0 Å². The van der Waals surface area contributed by atoms with Crippen molar-refractivity contribution in [1.82, 2.24) is 15.1 Å². The highest BCUT2D eigenvalue weighted by atomic mass is 35.5. The number of halogens is 1. The fourth-order valence-corrected chi connectivity index (χ4v) is 3.40. The minimum atomic E-state index is 0. The van der Waals surface area contributed by atoms with Gasteiger partial charge in [0.2, 0.25) is 5.91 Å². The van der Waals surface area contributed by atoms with Gasteiger partial charge in [0.15, 0.2) is 0 Å². The van der Waals surface area contributed by atoms with Crippen LogP contribution in [0.3, 0.4) is 0 Å². The minimum absolute atomic E-state index is 0. The Morgan fingerprint density at radius 1 is 1.17 bits per heavy atom. The summed E-state index contributed by atoms with van der Waals surface area (Å²) >= 11 is 0. The second kappa shape index (κ2) is 11.5. The lowest BCUT2D eigenvalue weighted by Gasteiger charge is -2.33. The predicted molar refractivity (Wildman–Crippen MR) is 103 cm³/mol. The maximum Gasteiger partial charge on any atom is 0.223 e. The molecule has 136 valence electrons. The monoisotopic (exact) mass is 353 g/mol. The van der Waals surface area contributed by atoms with E-state index in [1.54, 1.807) is 0 Å². The Labute approximate surface area is 153 Å². The number of hydrogen-bond acceptors (Lipinski definition) is 3. The van der Waals surface area contributed by atoms with Crippen LogP contribution < -0.4 is 5.32 Å². The van der Waals surface area contributed by atoms with Crippen LogP contribution in [-0.2, 0) is 4.79 Å². The van der Waals surface area contributed by atoms with Crippen molar-refractivity contribution < 1.29 is 4.79 Å². The second-order valence-electron chi connectivity index (χ2n) is 6.25. The first-order valence-corrected chi connectivity index (χ1v) is 9.03. The predicted octanol–water partition coefficient (Wildman–Crippen LogP) is 3.09. The summed E-state index contributed by atoms with van der Waals surface area (Å²) in [5, 5.41) is 3.30. The quantitative estimate of drug-likeness (QED) is 0.780. The molecule has 1 amide bonds. The Kier molecular flexibility index (Phi) is 9.99. The first kappa shape index (κ1) is 20.9. The molecule has 1 fully saturated rings. The largest absolute Gasteiger partial charge is 0.340 e. The number of nitrogens with zero attached hydrogens (tertiary/aromatic N) is 2. The second-order valence-corrected chi connectivity index (χ2v) is 6.25. The van der Waals surface area contributed by atoms with Gasteiger partial charge in [0.1, 0.15) is 0 Å². The van der Waals surface area contributed by atoms with Crippen molar-refractivity contribution in [2.45, 2.75) is 39.2 Å². The number of rotatable bonds is 8. The molecule has 0 radical (unpaired) electrons. The molecule has 0 spiro atoms. The Balaban J connectivity index is 0.00000288. The molecule has 1 atom stereocenters. The van der Waals surface area contributed by atoms with Crippen LogP contribution in [0.2, 0.25) is 0 Å². The van der Waals surface area contributed by atoms with Gasteiger partial charge in [0.05, 0.1) is 0 Å². The number of benzene rings is 1. The van der Waals surface area contributed by atoms with Crippen LogP contribution in [-0.4, -0.2) is 55.0 Å². The lowest BCUT2D eigenvalue weighted by atomic mass is 10.0. The summed E-state index contributed by atoms with van der Waals surface area (Å²) < 4.78 is 0. The average molecular weight is 354 g/mol. The lowest BCUT2D eigenvalue weighted by Crippen LogP contribution is -2.47. The zero-order valence-electron chi connectivity index (χ0n) is 15.0. The maximum atomic E-state index is 12.4. The molecule has 4 nitrogen and oxygen atoms in total. The summed E-state index contributed by atoms with van der Waals surface area (Å²) in [6.45, 7) is 9.89. The standard InChI is InChI=1S/C19H31N3O.ClH/c1-3-13-21(18(4-2)17-8-6-5-7-9-17)14-10-19(23)22-15-11-20-12-16-22;/h5-9,18,20H,3-4,10-16H2,1-2H3;1H. The maximum absolute atomic E-state index is 12.4.